The zero-order chi connectivity index (χ0) is 17.3. The average Bonchev–Trinajstić information content (AvgIpc) is 3.01. The SMILES string of the molecule is COc1cc2nc(C(Br)C(C)C)n(Cc3ccccc3)c(=O)n2n1. The molecule has 0 amide bonds. The van der Waals surface area contributed by atoms with Crippen LogP contribution in [0.3, 0.4) is 0 Å². The highest BCUT2D eigenvalue weighted by Crippen LogP contribution is 2.29. The monoisotopic (exact) mass is 390 g/mol. The maximum atomic E-state index is 13.0. The van der Waals surface area contributed by atoms with Crippen molar-refractivity contribution in [3.05, 3.63) is 58.3 Å². The Kier molecular flexibility index (Phi) is 4.71. The molecule has 24 heavy (non-hydrogen) atoms. The Labute approximate surface area is 148 Å². The first-order valence-electron chi connectivity index (χ1n) is 7.73. The lowest BCUT2D eigenvalue weighted by Crippen LogP contribution is -2.32. The van der Waals surface area contributed by atoms with Gasteiger partial charge in [-0.3, -0.25) is 4.57 Å². The lowest BCUT2D eigenvalue weighted by atomic mass is 10.1. The van der Waals surface area contributed by atoms with Crippen LogP contribution in [-0.4, -0.2) is 26.3 Å². The van der Waals surface area contributed by atoms with Gasteiger partial charge in [-0.2, -0.15) is 4.52 Å². The molecule has 7 heteroatoms. The van der Waals surface area contributed by atoms with Gasteiger partial charge in [-0.05, 0) is 11.5 Å². The van der Waals surface area contributed by atoms with Crippen molar-refractivity contribution in [3.63, 3.8) is 0 Å². The van der Waals surface area contributed by atoms with Crippen molar-refractivity contribution in [2.24, 2.45) is 5.92 Å². The van der Waals surface area contributed by atoms with Crippen molar-refractivity contribution in [2.75, 3.05) is 7.11 Å². The standard InChI is InChI=1S/C17H19BrN4O2/c1-11(2)15(18)16-19-13-9-14(24-3)20-22(13)17(23)21(16)10-12-7-5-4-6-8-12/h4-9,11,15H,10H2,1-3H3. The van der Waals surface area contributed by atoms with Crippen LogP contribution < -0.4 is 10.4 Å². The van der Waals surface area contributed by atoms with Crippen LogP contribution in [0.2, 0.25) is 0 Å². The predicted octanol–water partition coefficient (Wildman–Crippen LogP) is 3.04. The fraction of sp³-hybridized carbons (Fsp3) is 0.353. The van der Waals surface area contributed by atoms with Gasteiger partial charge in [-0.15, -0.1) is 5.10 Å². The number of fused-ring (bicyclic) bond motifs is 1. The van der Waals surface area contributed by atoms with E-state index in [1.807, 2.05) is 30.3 Å². The van der Waals surface area contributed by atoms with E-state index in [2.05, 4.69) is 39.9 Å². The molecule has 1 unspecified atom stereocenters. The molecule has 3 aromatic rings. The number of hydrogen-bond acceptors (Lipinski definition) is 4. The summed E-state index contributed by atoms with van der Waals surface area (Å²) in [5, 5.41) is 4.16. The van der Waals surface area contributed by atoms with Gasteiger partial charge in [-0.1, -0.05) is 60.1 Å². The molecule has 2 heterocycles. The number of nitrogens with zero attached hydrogens (tertiary/aromatic N) is 4. The van der Waals surface area contributed by atoms with Crippen molar-refractivity contribution < 1.29 is 4.74 Å². The molecule has 1 aromatic carbocycles. The minimum absolute atomic E-state index is 0.0418. The van der Waals surface area contributed by atoms with Crippen molar-refractivity contribution in [1.82, 2.24) is 19.2 Å². The lowest BCUT2D eigenvalue weighted by Gasteiger charge is -2.19. The van der Waals surface area contributed by atoms with Crippen LogP contribution in [0.15, 0.2) is 41.2 Å². The van der Waals surface area contributed by atoms with E-state index >= 15 is 0 Å². The van der Waals surface area contributed by atoms with Crippen LogP contribution in [0.1, 0.15) is 30.1 Å². The quantitative estimate of drug-likeness (QED) is 0.628. The molecule has 0 saturated carbocycles. The average molecular weight is 391 g/mol. The number of rotatable bonds is 5. The van der Waals surface area contributed by atoms with Gasteiger partial charge in [0.05, 0.1) is 18.5 Å². The summed E-state index contributed by atoms with van der Waals surface area (Å²) in [4.78, 5) is 17.6. The zero-order valence-corrected chi connectivity index (χ0v) is 15.4. The van der Waals surface area contributed by atoms with Crippen LogP contribution in [0.4, 0.5) is 0 Å². The molecule has 0 aliphatic carbocycles. The molecule has 126 valence electrons. The second-order valence-corrected chi connectivity index (χ2v) is 6.91. The molecule has 0 radical (unpaired) electrons. The second kappa shape index (κ2) is 6.76. The smallest absolute Gasteiger partial charge is 0.352 e. The van der Waals surface area contributed by atoms with Crippen molar-refractivity contribution >= 4 is 21.6 Å². The van der Waals surface area contributed by atoms with E-state index in [1.54, 1.807) is 10.6 Å². The van der Waals surface area contributed by atoms with E-state index < -0.39 is 0 Å². The summed E-state index contributed by atoms with van der Waals surface area (Å²) in [5.74, 6) is 1.35. The fourth-order valence-electron chi connectivity index (χ4n) is 2.48. The van der Waals surface area contributed by atoms with E-state index in [9.17, 15) is 4.79 Å². The number of aromatic nitrogens is 4. The minimum Gasteiger partial charge on any atom is -0.480 e. The van der Waals surface area contributed by atoms with Crippen molar-refractivity contribution in [1.29, 1.82) is 0 Å². The molecule has 0 aliphatic rings. The van der Waals surface area contributed by atoms with Gasteiger partial charge in [0.2, 0.25) is 5.88 Å². The Balaban J connectivity index is 2.21. The van der Waals surface area contributed by atoms with Crippen molar-refractivity contribution in [2.45, 2.75) is 25.2 Å². The van der Waals surface area contributed by atoms with Gasteiger partial charge in [0, 0.05) is 6.07 Å². The van der Waals surface area contributed by atoms with Gasteiger partial charge >= 0.3 is 5.69 Å². The first kappa shape index (κ1) is 16.7. The lowest BCUT2D eigenvalue weighted by molar-refractivity contribution is 0.393. The maximum Gasteiger partial charge on any atom is 0.352 e. The van der Waals surface area contributed by atoms with Crippen LogP contribution >= 0.6 is 15.9 Å². The van der Waals surface area contributed by atoms with Crippen LogP contribution in [-0.2, 0) is 6.54 Å². The van der Waals surface area contributed by atoms with Crippen LogP contribution in [0, 0.1) is 5.92 Å². The Morgan fingerprint density at radius 1 is 1.25 bits per heavy atom. The third kappa shape index (κ3) is 3.08. The number of alkyl halides is 1. The summed E-state index contributed by atoms with van der Waals surface area (Å²) >= 11 is 3.68. The molecule has 3 rings (SSSR count). The highest BCUT2D eigenvalue weighted by molar-refractivity contribution is 9.09. The van der Waals surface area contributed by atoms with E-state index in [4.69, 9.17) is 4.74 Å². The Morgan fingerprint density at radius 3 is 2.58 bits per heavy atom. The molecule has 0 spiro atoms. The van der Waals surface area contributed by atoms with E-state index in [1.165, 1.54) is 11.6 Å². The highest BCUT2D eigenvalue weighted by atomic mass is 79.9. The largest absolute Gasteiger partial charge is 0.480 e. The summed E-state index contributed by atoms with van der Waals surface area (Å²) < 4.78 is 8.07. The van der Waals surface area contributed by atoms with Gasteiger partial charge in [0.1, 0.15) is 5.82 Å². The van der Waals surface area contributed by atoms with Crippen LogP contribution in [0.5, 0.6) is 5.88 Å². The van der Waals surface area contributed by atoms with Crippen LogP contribution in [0.25, 0.3) is 5.65 Å². The summed E-state index contributed by atoms with van der Waals surface area (Å²) in [5.41, 5.74) is 1.29. The number of benzene rings is 1. The third-order valence-electron chi connectivity index (χ3n) is 3.81. The Bertz CT molecular complexity index is 902. The topological polar surface area (TPSA) is 61.4 Å². The highest BCUT2D eigenvalue weighted by Gasteiger charge is 2.22. The van der Waals surface area contributed by atoms with Gasteiger partial charge in [0.15, 0.2) is 5.65 Å². The molecular formula is C17H19BrN4O2. The van der Waals surface area contributed by atoms with Gasteiger partial charge in [-0.25, -0.2) is 9.78 Å². The van der Waals surface area contributed by atoms with Gasteiger partial charge in [0.25, 0.3) is 0 Å². The number of halogens is 1. The van der Waals surface area contributed by atoms with Gasteiger partial charge < -0.3 is 4.74 Å². The molecular weight excluding hydrogens is 372 g/mol. The minimum atomic E-state index is -0.229. The van der Waals surface area contributed by atoms with E-state index in [-0.39, 0.29) is 16.4 Å². The molecule has 0 saturated heterocycles. The summed E-state index contributed by atoms with van der Waals surface area (Å²) in [6.07, 6.45) is 0. The maximum absolute atomic E-state index is 13.0. The summed E-state index contributed by atoms with van der Waals surface area (Å²) in [6, 6.07) is 11.5. The Hall–Kier alpha value is -2.15. The fourth-order valence-corrected chi connectivity index (χ4v) is 2.83. The first-order valence-corrected chi connectivity index (χ1v) is 8.65. The zero-order valence-electron chi connectivity index (χ0n) is 13.8. The molecule has 0 bridgehead atoms. The molecule has 0 aliphatic heterocycles. The molecule has 2 aromatic heterocycles. The van der Waals surface area contributed by atoms with E-state index in [0.29, 0.717) is 23.9 Å². The molecule has 6 nitrogen and oxygen atoms in total. The first-order chi connectivity index (χ1) is 11.5. The molecule has 0 fully saturated rings. The van der Waals surface area contributed by atoms with Crippen molar-refractivity contribution in [3.8, 4) is 5.88 Å². The normalized spacial score (nSPS) is 12.7. The number of hydrogen-bond donors (Lipinski definition) is 0. The summed E-state index contributed by atoms with van der Waals surface area (Å²) in [7, 11) is 1.52. The van der Waals surface area contributed by atoms with E-state index in [0.717, 1.165) is 5.56 Å². The number of ether oxygens (including phenoxy) is 1. The number of methoxy groups -OCH3 is 1. The third-order valence-corrected chi connectivity index (χ3v) is 5.28. The predicted molar refractivity (Wildman–Crippen MR) is 95.8 cm³/mol. The second-order valence-electron chi connectivity index (χ2n) is 5.93. The molecule has 0 N–H and O–H groups in total. The Morgan fingerprint density at radius 2 is 1.96 bits per heavy atom. The molecule has 1 atom stereocenters. The summed E-state index contributed by atoms with van der Waals surface area (Å²) in [6.45, 7) is 4.61.